The molecule has 0 aromatic heterocycles. The fraction of sp³-hybridized carbons (Fsp3) is 0.286. The fourth-order valence-corrected chi connectivity index (χ4v) is 1.20. The summed E-state index contributed by atoms with van der Waals surface area (Å²) in [5, 5.41) is 0. The summed E-state index contributed by atoms with van der Waals surface area (Å²) in [5.41, 5.74) is 5.56. The van der Waals surface area contributed by atoms with Crippen LogP contribution in [-0.2, 0) is 25.8 Å². The van der Waals surface area contributed by atoms with E-state index in [4.69, 9.17) is 0 Å². The van der Waals surface area contributed by atoms with E-state index in [1.807, 2.05) is 0 Å². The van der Waals surface area contributed by atoms with Crippen molar-refractivity contribution in [1.82, 2.24) is 0 Å². The smallest absolute Gasteiger partial charge is 1.00 e. The van der Waals surface area contributed by atoms with Gasteiger partial charge < -0.3 is 24.8 Å². The summed E-state index contributed by atoms with van der Waals surface area (Å²) in [6.07, 6.45) is 0. The van der Waals surface area contributed by atoms with Crippen molar-refractivity contribution < 1.29 is 50.7 Å². The number of hydrogen-bond acceptors (Lipinski definition) is 0. The van der Waals surface area contributed by atoms with E-state index in [0.29, 0.717) is 0 Å². The van der Waals surface area contributed by atoms with Crippen LogP contribution in [-0.4, -0.2) is 0 Å². The first-order chi connectivity index (χ1) is 6.61. The maximum absolute atomic E-state index is 2.12. The molecular formula is C14H18Cl2Hf. The molecule has 0 bridgehead atoms. The third kappa shape index (κ3) is 7.96. The van der Waals surface area contributed by atoms with Crippen molar-refractivity contribution in [2.75, 3.05) is 0 Å². The maximum atomic E-state index is 2.12. The van der Waals surface area contributed by atoms with Gasteiger partial charge in [-0.1, -0.05) is 27.7 Å². The molecule has 0 fully saturated rings. The van der Waals surface area contributed by atoms with E-state index in [0.717, 1.165) is 0 Å². The zero-order chi connectivity index (χ0) is 10.6. The van der Waals surface area contributed by atoms with E-state index >= 15 is 0 Å². The molecule has 0 radical (unpaired) electrons. The largest absolute Gasteiger partial charge is 4.00 e. The summed E-state index contributed by atoms with van der Waals surface area (Å²) in [4.78, 5) is 0. The van der Waals surface area contributed by atoms with Gasteiger partial charge >= 0.3 is 25.8 Å². The third-order valence-electron chi connectivity index (χ3n) is 2.63. The van der Waals surface area contributed by atoms with Crippen LogP contribution in [0.4, 0.5) is 0 Å². The molecule has 0 aliphatic heterocycles. The first-order valence-electron chi connectivity index (χ1n) is 4.99. The normalized spacial score (nSPS) is 7.76. The van der Waals surface area contributed by atoms with Crippen LogP contribution >= 0.6 is 0 Å². The van der Waals surface area contributed by atoms with Gasteiger partial charge in [-0.15, -0.1) is 0 Å². The van der Waals surface area contributed by atoms with Crippen molar-refractivity contribution in [3.05, 3.63) is 58.7 Å². The van der Waals surface area contributed by atoms with Gasteiger partial charge in [-0.05, 0) is 0 Å². The van der Waals surface area contributed by atoms with Crippen LogP contribution in [0.1, 0.15) is 22.3 Å². The molecule has 0 amide bonds. The molecule has 0 saturated carbocycles. The van der Waals surface area contributed by atoms with Gasteiger partial charge in [0.25, 0.3) is 0 Å². The molecule has 0 nitrogen and oxygen atoms in total. The standard InChI is InChI=1S/2C7H9.2ClH.Hf/c2*1-6-4-3-5-7(6)2;;;/h2*3-5H,1-2H3;2*1H;/q2*-1;;;+4/p-2. The summed E-state index contributed by atoms with van der Waals surface area (Å²) in [6, 6.07) is 12.6. The van der Waals surface area contributed by atoms with Gasteiger partial charge in [-0.2, -0.15) is 34.4 Å². The van der Waals surface area contributed by atoms with E-state index in [9.17, 15) is 0 Å². The molecule has 92 valence electrons. The first-order valence-corrected chi connectivity index (χ1v) is 4.99. The van der Waals surface area contributed by atoms with E-state index in [1.165, 1.54) is 22.3 Å². The molecule has 17 heavy (non-hydrogen) atoms. The Hall–Kier alpha value is 0.150. The molecule has 0 heterocycles. The molecule has 0 atom stereocenters. The fourth-order valence-electron chi connectivity index (χ4n) is 1.20. The zero-order valence-electron chi connectivity index (χ0n) is 10.7. The Bertz CT molecular complexity index is 317. The molecular weight excluding hydrogens is 418 g/mol. The summed E-state index contributed by atoms with van der Waals surface area (Å²) in [5.74, 6) is 0. The molecule has 2 aromatic carbocycles. The monoisotopic (exact) mass is 436 g/mol. The minimum absolute atomic E-state index is 0. The number of hydrogen-bond donors (Lipinski definition) is 0. The van der Waals surface area contributed by atoms with Crippen molar-refractivity contribution >= 4 is 0 Å². The van der Waals surface area contributed by atoms with Gasteiger partial charge in [-0.3, -0.25) is 0 Å². The van der Waals surface area contributed by atoms with Gasteiger partial charge in [-0.25, -0.2) is 24.3 Å². The minimum Gasteiger partial charge on any atom is -1.00 e. The molecule has 0 aliphatic carbocycles. The van der Waals surface area contributed by atoms with Gasteiger partial charge in [0.05, 0.1) is 0 Å². The molecule has 2 rings (SSSR count). The SMILES string of the molecule is Cc1ccc[c-]1C.Cc1ccc[c-]1C.[Cl-].[Cl-].[Hf+4]. The molecule has 0 saturated heterocycles. The van der Waals surface area contributed by atoms with Crippen molar-refractivity contribution in [1.29, 1.82) is 0 Å². The van der Waals surface area contributed by atoms with Crippen LogP contribution in [0.15, 0.2) is 36.4 Å². The van der Waals surface area contributed by atoms with E-state index < -0.39 is 0 Å². The average Bonchev–Trinajstić information content (AvgIpc) is 2.67. The number of rotatable bonds is 0. The van der Waals surface area contributed by atoms with Crippen LogP contribution in [0, 0.1) is 27.7 Å². The number of aryl methyl sites for hydroxylation is 4. The summed E-state index contributed by atoms with van der Waals surface area (Å²) < 4.78 is 0. The number of halogens is 2. The summed E-state index contributed by atoms with van der Waals surface area (Å²) in [7, 11) is 0. The molecule has 2 aromatic rings. The van der Waals surface area contributed by atoms with Gasteiger partial charge in [0.1, 0.15) is 0 Å². The van der Waals surface area contributed by atoms with Crippen molar-refractivity contribution in [2.24, 2.45) is 0 Å². The van der Waals surface area contributed by atoms with Crippen LogP contribution < -0.4 is 24.8 Å². The van der Waals surface area contributed by atoms with Crippen LogP contribution in [0.2, 0.25) is 0 Å². The van der Waals surface area contributed by atoms with E-state index in [-0.39, 0.29) is 50.7 Å². The maximum Gasteiger partial charge on any atom is 4.00 e. The average molecular weight is 436 g/mol. The Balaban J connectivity index is -0.000000196. The van der Waals surface area contributed by atoms with Crippen LogP contribution in [0.5, 0.6) is 0 Å². The van der Waals surface area contributed by atoms with Crippen molar-refractivity contribution in [3.8, 4) is 0 Å². The Labute approximate surface area is 136 Å². The van der Waals surface area contributed by atoms with E-state index in [2.05, 4.69) is 64.1 Å². The predicted octanol–water partition coefficient (Wildman–Crippen LogP) is -1.95. The summed E-state index contributed by atoms with van der Waals surface area (Å²) in [6.45, 7) is 8.48. The van der Waals surface area contributed by atoms with Crippen LogP contribution in [0.25, 0.3) is 0 Å². The molecule has 3 heteroatoms. The minimum atomic E-state index is 0. The van der Waals surface area contributed by atoms with Crippen molar-refractivity contribution in [2.45, 2.75) is 27.7 Å². The second-order valence-electron chi connectivity index (χ2n) is 3.78. The molecule has 0 unspecified atom stereocenters. The summed E-state index contributed by atoms with van der Waals surface area (Å²) >= 11 is 0. The van der Waals surface area contributed by atoms with Gasteiger partial charge in [0, 0.05) is 0 Å². The topological polar surface area (TPSA) is 0 Å². The van der Waals surface area contributed by atoms with Crippen LogP contribution in [0.3, 0.4) is 0 Å². The first kappa shape index (κ1) is 22.3. The second-order valence-corrected chi connectivity index (χ2v) is 3.78. The predicted molar refractivity (Wildman–Crippen MR) is 63.0 cm³/mol. The van der Waals surface area contributed by atoms with E-state index in [1.54, 1.807) is 0 Å². The Kier molecular flexibility index (Phi) is 14.8. The Morgan fingerprint density at radius 1 is 0.765 bits per heavy atom. The van der Waals surface area contributed by atoms with Gasteiger partial charge in [0.15, 0.2) is 0 Å². The molecule has 0 spiro atoms. The molecule has 0 N–H and O–H groups in total. The van der Waals surface area contributed by atoms with Gasteiger partial charge in [0.2, 0.25) is 0 Å². The Morgan fingerprint density at radius 3 is 1.12 bits per heavy atom. The second kappa shape index (κ2) is 11.3. The zero-order valence-corrected chi connectivity index (χ0v) is 15.8. The quantitative estimate of drug-likeness (QED) is 0.333. The van der Waals surface area contributed by atoms with Crippen molar-refractivity contribution in [3.63, 3.8) is 0 Å². The third-order valence-corrected chi connectivity index (χ3v) is 2.63. The Morgan fingerprint density at radius 2 is 1.06 bits per heavy atom. The molecule has 0 aliphatic rings.